The van der Waals surface area contributed by atoms with Gasteiger partial charge in [-0.2, -0.15) is 0 Å². The van der Waals surface area contributed by atoms with Crippen molar-refractivity contribution in [1.29, 1.82) is 0 Å². The highest BCUT2D eigenvalue weighted by Gasteiger charge is 2.39. The van der Waals surface area contributed by atoms with Crippen molar-refractivity contribution in [3.05, 3.63) is 35.6 Å². The Morgan fingerprint density at radius 1 is 1.36 bits per heavy atom. The van der Waals surface area contributed by atoms with Crippen LogP contribution in [0.1, 0.15) is 18.4 Å². The van der Waals surface area contributed by atoms with Crippen molar-refractivity contribution in [2.45, 2.75) is 25.4 Å². The van der Waals surface area contributed by atoms with E-state index in [0.717, 1.165) is 0 Å². The van der Waals surface area contributed by atoms with Crippen LogP contribution >= 0.6 is 0 Å². The van der Waals surface area contributed by atoms with Crippen molar-refractivity contribution in [3.8, 4) is 0 Å². The molecule has 8 heteroatoms. The second-order valence-corrected chi connectivity index (χ2v) is 9.00. The average molecular weight is 368 g/mol. The molecule has 0 bridgehead atoms. The third kappa shape index (κ3) is 3.84. The number of hydrogen-bond acceptors (Lipinski definition) is 4. The molecule has 0 saturated carbocycles. The van der Waals surface area contributed by atoms with E-state index < -0.39 is 15.8 Å². The summed E-state index contributed by atoms with van der Waals surface area (Å²) in [4.78, 5) is 27.8. The number of sulfone groups is 1. The predicted molar refractivity (Wildman–Crippen MR) is 89.8 cm³/mol. The maximum Gasteiger partial charge on any atom is 0.228 e. The first-order valence-electron chi connectivity index (χ1n) is 8.25. The van der Waals surface area contributed by atoms with Crippen molar-refractivity contribution in [3.63, 3.8) is 0 Å². The molecule has 3 rings (SSSR count). The van der Waals surface area contributed by atoms with Crippen molar-refractivity contribution < 1.29 is 22.4 Å². The van der Waals surface area contributed by atoms with Crippen LogP contribution in [0.25, 0.3) is 0 Å². The Balaban J connectivity index is 1.64. The van der Waals surface area contributed by atoms with E-state index in [2.05, 4.69) is 0 Å². The van der Waals surface area contributed by atoms with Crippen LogP contribution in [0.4, 0.5) is 4.39 Å². The van der Waals surface area contributed by atoms with Gasteiger partial charge in [0.05, 0.1) is 17.4 Å². The van der Waals surface area contributed by atoms with E-state index in [-0.39, 0.29) is 54.7 Å². The highest BCUT2D eigenvalue weighted by Crippen LogP contribution is 2.25. The van der Waals surface area contributed by atoms with E-state index in [4.69, 9.17) is 0 Å². The summed E-state index contributed by atoms with van der Waals surface area (Å²) in [6.07, 6.45) is 0.515. The Hall–Kier alpha value is -1.96. The Bertz CT molecular complexity index is 796. The van der Waals surface area contributed by atoms with E-state index >= 15 is 0 Å². The Kier molecular flexibility index (Phi) is 4.81. The number of rotatable bonds is 4. The summed E-state index contributed by atoms with van der Waals surface area (Å²) in [7, 11) is -1.48. The molecule has 2 aliphatic heterocycles. The van der Waals surface area contributed by atoms with Gasteiger partial charge in [-0.1, -0.05) is 18.2 Å². The van der Waals surface area contributed by atoms with E-state index in [1.807, 2.05) is 0 Å². The second-order valence-electron chi connectivity index (χ2n) is 6.77. The van der Waals surface area contributed by atoms with Crippen LogP contribution in [0.2, 0.25) is 0 Å². The maximum atomic E-state index is 13.8. The molecule has 2 aliphatic rings. The fraction of sp³-hybridized carbons (Fsp3) is 0.529. The number of likely N-dealkylation sites (tertiary alicyclic amines) is 1. The molecule has 1 aromatic rings. The SMILES string of the molecule is CN(C(=O)C1CC(=O)N(Cc2ccccc2F)C1)C1CCS(=O)(=O)C1. The van der Waals surface area contributed by atoms with Gasteiger partial charge >= 0.3 is 0 Å². The first-order chi connectivity index (χ1) is 11.8. The molecule has 2 fully saturated rings. The summed E-state index contributed by atoms with van der Waals surface area (Å²) in [6, 6.07) is 5.92. The van der Waals surface area contributed by atoms with Gasteiger partial charge in [-0.25, -0.2) is 12.8 Å². The minimum atomic E-state index is -3.08. The summed E-state index contributed by atoms with van der Waals surface area (Å²) in [6.45, 7) is 0.368. The van der Waals surface area contributed by atoms with Gasteiger partial charge in [0.1, 0.15) is 5.82 Å². The zero-order chi connectivity index (χ0) is 18.2. The first kappa shape index (κ1) is 17.8. The lowest BCUT2D eigenvalue weighted by Crippen LogP contribution is -2.42. The molecule has 2 amide bonds. The van der Waals surface area contributed by atoms with Gasteiger partial charge in [0.2, 0.25) is 11.8 Å². The van der Waals surface area contributed by atoms with Gasteiger partial charge in [0.15, 0.2) is 9.84 Å². The van der Waals surface area contributed by atoms with E-state index in [0.29, 0.717) is 12.0 Å². The third-order valence-corrected chi connectivity index (χ3v) is 6.74. The number of halogens is 1. The molecule has 1 aromatic carbocycles. The van der Waals surface area contributed by atoms with Crippen LogP contribution in [-0.4, -0.2) is 61.2 Å². The molecule has 2 atom stereocenters. The van der Waals surface area contributed by atoms with Crippen LogP contribution in [-0.2, 0) is 26.0 Å². The summed E-state index contributed by atoms with van der Waals surface area (Å²) >= 11 is 0. The molecule has 0 radical (unpaired) electrons. The molecule has 2 heterocycles. The quantitative estimate of drug-likeness (QED) is 0.789. The highest BCUT2D eigenvalue weighted by molar-refractivity contribution is 7.91. The number of carbonyl (C=O) groups excluding carboxylic acids is 2. The van der Waals surface area contributed by atoms with Gasteiger partial charge < -0.3 is 9.80 Å². The largest absolute Gasteiger partial charge is 0.341 e. The average Bonchev–Trinajstić information content (AvgIpc) is 3.11. The lowest BCUT2D eigenvalue weighted by molar-refractivity contribution is -0.136. The summed E-state index contributed by atoms with van der Waals surface area (Å²) in [5.74, 6) is -1.21. The lowest BCUT2D eigenvalue weighted by Gasteiger charge is -2.26. The van der Waals surface area contributed by atoms with Crippen molar-refractivity contribution in [1.82, 2.24) is 9.80 Å². The molecule has 0 N–H and O–H groups in total. The standard InChI is InChI=1S/C17H21FN2O4S/c1-19(14-6-7-25(23,24)11-14)17(22)13-8-16(21)20(10-13)9-12-4-2-3-5-15(12)18/h2-5,13-14H,6-11H2,1H3. The minimum absolute atomic E-state index is 0.0190. The predicted octanol–water partition coefficient (Wildman–Crippen LogP) is 0.820. The third-order valence-electron chi connectivity index (χ3n) is 4.99. The lowest BCUT2D eigenvalue weighted by atomic mass is 10.1. The minimum Gasteiger partial charge on any atom is -0.341 e. The van der Waals surface area contributed by atoms with Gasteiger partial charge in [-0.3, -0.25) is 9.59 Å². The van der Waals surface area contributed by atoms with Crippen LogP contribution in [0.5, 0.6) is 0 Å². The fourth-order valence-corrected chi connectivity index (χ4v) is 5.25. The summed E-state index contributed by atoms with van der Waals surface area (Å²) in [5, 5.41) is 0. The summed E-state index contributed by atoms with van der Waals surface area (Å²) in [5.41, 5.74) is 0.416. The van der Waals surface area contributed by atoms with E-state index in [9.17, 15) is 22.4 Å². The molecule has 2 saturated heterocycles. The molecule has 25 heavy (non-hydrogen) atoms. The van der Waals surface area contributed by atoms with Gasteiger partial charge in [0, 0.05) is 38.2 Å². The highest BCUT2D eigenvalue weighted by atomic mass is 32.2. The van der Waals surface area contributed by atoms with Crippen LogP contribution < -0.4 is 0 Å². The van der Waals surface area contributed by atoms with Crippen LogP contribution in [0.15, 0.2) is 24.3 Å². The smallest absolute Gasteiger partial charge is 0.228 e. The normalized spacial score (nSPS) is 25.4. The van der Waals surface area contributed by atoms with Crippen LogP contribution in [0.3, 0.4) is 0 Å². The Morgan fingerprint density at radius 2 is 2.08 bits per heavy atom. The molecule has 0 aromatic heterocycles. The number of nitrogens with zero attached hydrogens (tertiary/aromatic N) is 2. The van der Waals surface area contributed by atoms with E-state index in [1.165, 1.54) is 15.9 Å². The molecular formula is C17H21FN2O4S. The van der Waals surface area contributed by atoms with Crippen molar-refractivity contribution in [2.24, 2.45) is 5.92 Å². The molecule has 136 valence electrons. The monoisotopic (exact) mass is 368 g/mol. The molecule has 0 spiro atoms. The first-order valence-corrected chi connectivity index (χ1v) is 10.1. The van der Waals surface area contributed by atoms with E-state index in [1.54, 1.807) is 25.2 Å². The number of benzene rings is 1. The number of carbonyl (C=O) groups is 2. The molecule has 2 unspecified atom stereocenters. The van der Waals surface area contributed by atoms with Gasteiger partial charge in [-0.05, 0) is 12.5 Å². The summed E-state index contributed by atoms with van der Waals surface area (Å²) < 4.78 is 36.9. The molecule has 0 aliphatic carbocycles. The topological polar surface area (TPSA) is 74.8 Å². The van der Waals surface area contributed by atoms with Gasteiger partial charge in [0.25, 0.3) is 0 Å². The van der Waals surface area contributed by atoms with Crippen molar-refractivity contribution in [2.75, 3.05) is 25.1 Å². The number of hydrogen-bond donors (Lipinski definition) is 0. The zero-order valence-corrected chi connectivity index (χ0v) is 14.8. The Labute approximate surface area is 146 Å². The number of amides is 2. The van der Waals surface area contributed by atoms with Gasteiger partial charge in [-0.15, -0.1) is 0 Å². The maximum absolute atomic E-state index is 13.8. The zero-order valence-electron chi connectivity index (χ0n) is 14.0. The fourth-order valence-electron chi connectivity index (χ4n) is 3.47. The molecular weight excluding hydrogens is 347 g/mol. The molecule has 6 nitrogen and oxygen atoms in total. The van der Waals surface area contributed by atoms with Crippen LogP contribution in [0, 0.1) is 11.7 Å². The second kappa shape index (κ2) is 6.74. The van der Waals surface area contributed by atoms with Crippen molar-refractivity contribution >= 4 is 21.7 Å². The Morgan fingerprint density at radius 3 is 2.72 bits per heavy atom.